The lowest BCUT2D eigenvalue weighted by atomic mass is 9.82. The fourth-order valence-electron chi connectivity index (χ4n) is 4.85. The summed E-state index contributed by atoms with van der Waals surface area (Å²) in [6.07, 6.45) is 0. The molecular weight excluding hydrogens is 591 g/mol. The lowest BCUT2D eigenvalue weighted by Crippen LogP contribution is -2.56. The van der Waals surface area contributed by atoms with Crippen molar-refractivity contribution in [3.05, 3.63) is 98.0 Å². The summed E-state index contributed by atoms with van der Waals surface area (Å²) in [4.78, 5) is 41.8. The molecule has 0 unspecified atom stereocenters. The van der Waals surface area contributed by atoms with Gasteiger partial charge in [0, 0.05) is 16.7 Å². The summed E-state index contributed by atoms with van der Waals surface area (Å²) in [5.74, 6) is -0.943. The van der Waals surface area contributed by atoms with Gasteiger partial charge in [0.1, 0.15) is 15.6 Å². The van der Waals surface area contributed by atoms with Crippen molar-refractivity contribution in [2.24, 2.45) is 0 Å². The molecule has 0 spiro atoms. The predicted octanol–water partition coefficient (Wildman–Crippen LogP) is 6.88. The fourth-order valence-corrected chi connectivity index (χ4v) is 7.89. The highest BCUT2D eigenvalue weighted by atomic mass is 32.2. The van der Waals surface area contributed by atoms with Crippen molar-refractivity contribution in [2.75, 3.05) is 26.2 Å². The number of amides is 1. The molecule has 42 heavy (non-hydrogen) atoms. The van der Waals surface area contributed by atoms with E-state index in [2.05, 4.69) is 0 Å². The van der Waals surface area contributed by atoms with Crippen molar-refractivity contribution in [3.8, 4) is 16.9 Å². The molecule has 0 aliphatic carbocycles. The van der Waals surface area contributed by atoms with Gasteiger partial charge in [-0.3, -0.25) is 9.69 Å². The van der Waals surface area contributed by atoms with Gasteiger partial charge in [-0.2, -0.15) is 0 Å². The molecule has 3 aromatic rings. The van der Waals surface area contributed by atoms with Crippen LogP contribution in [0.3, 0.4) is 0 Å². The maximum atomic E-state index is 14.2. The molecule has 2 aliphatic heterocycles. The minimum Gasteiger partial charge on any atom is -0.497 e. The van der Waals surface area contributed by atoms with Crippen molar-refractivity contribution in [1.82, 2.24) is 0 Å². The van der Waals surface area contributed by atoms with Gasteiger partial charge < -0.3 is 14.2 Å². The summed E-state index contributed by atoms with van der Waals surface area (Å²) in [6.45, 7) is 3.78. The highest BCUT2D eigenvalue weighted by Gasteiger charge is 2.46. The van der Waals surface area contributed by atoms with E-state index in [0.29, 0.717) is 37.2 Å². The highest BCUT2D eigenvalue weighted by molar-refractivity contribution is 8.29. The van der Waals surface area contributed by atoms with Crippen LogP contribution in [0.25, 0.3) is 16.7 Å². The number of thiocarbonyl (C=S) groups is 1. The van der Waals surface area contributed by atoms with Crippen LogP contribution in [0.4, 0.5) is 5.69 Å². The highest BCUT2D eigenvalue weighted by Crippen LogP contribution is 2.56. The number of carbonyl (C=O) groups is 3. The summed E-state index contributed by atoms with van der Waals surface area (Å²) in [7, 11) is 4.07. The van der Waals surface area contributed by atoms with Gasteiger partial charge in [0.2, 0.25) is 0 Å². The maximum absolute atomic E-state index is 14.2. The molecule has 3 aromatic carbocycles. The monoisotopic (exact) mass is 617 g/mol. The van der Waals surface area contributed by atoms with Crippen LogP contribution in [0.1, 0.15) is 29.8 Å². The third-order valence-electron chi connectivity index (χ3n) is 7.04. The zero-order valence-electron chi connectivity index (χ0n) is 23.5. The fraction of sp³-hybridized carbons (Fsp3) is 0.188. The van der Waals surface area contributed by atoms with Crippen molar-refractivity contribution < 1.29 is 28.6 Å². The number of fused-ring (bicyclic) bond motifs is 1. The average Bonchev–Trinajstić information content (AvgIpc) is 3.46. The number of hydrogen-bond donors (Lipinski definition) is 0. The number of carbonyl (C=O) groups excluding carboxylic acids is 3. The predicted molar refractivity (Wildman–Crippen MR) is 172 cm³/mol. The van der Waals surface area contributed by atoms with Crippen LogP contribution in [0.15, 0.2) is 86.8 Å². The Morgan fingerprint density at radius 3 is 1.90 bits per heavy atom. The normalized spacial score (nSPS) is 15.8. The molecule has 7 nitrogen and oxygen atoms in total. The Kier molecular flexibility index (Phi) is 8.32. The van der Waals surface area contributed by atoms with E-state index in [1.807, 2.05) is 80.6 Å². The minimum absolute atomic E-state index is 0.124. The van der Waals surface area contributed by atoms with E-state index in [4.69, 9.17) is 26.4 Å². The number of hydrogen-bond acceptors (Lipinski definition) is 9. The van der Waals surface area contributed by atoms with Gasteiger partial charge in [-0.05, 0) is 55.3 Å². The first-order valence-corrected chi connectivity index (χ1v) is 14.9. The molecule has 2 aliphatic rings. The molecule has 0 bridgehead atoms. The minimum atomic E-state index is -0.949. The molecule has 0 aromatic heterocycles. The first-order chi connectivity index (χ1) is 20.1. The second kappa shape index (κ2) is 11.8. The molecule has 0 atom stereocenters. The largest absolute Gasteiger partial charge is 0.497 e. The van der Waals surface area contributed by atoms with E-state index in [9.17, 15) is 14.4 Å². The van der Waals surface area contributed by atoms with Gasteiger partial charge >= 0.3 is 11.9 Å². The van der Waals surface area contributed by atoms with Gasteiger partial charge in [-0.15, -0.1) is 0 Å². The quantitative estimate of drug-likeness (QED) is 0.173. The first kappa shape index (κ1) is 29.6. The van der Waals surface area contributed by atoms with Crippen LogP contribution < -0.4 is 9.64 Å². The molecule has 0 saturated heterocycles. The Balaban J connectivity index is 1.62. The Labute approximate surface area is 257 Å². The summed E-state index contributed by atoms with van der Waals surface area (Å²) < 4.78 is 16.0. The molecule has 0 saturated carbocycles. The second-order valence-corrected chi connectivity index (χ2v) is 12.6. The molecule has 10 heteroatoms. The van der Waals surface area contributed by atoms with Crippen LogP contribution >= 0.6 is 35.7 Å². The molecule has 1 amide bonds. The SMILES string of the molecule is COC(=O)C1=C(C(=O)OC)SC(=C2C(=S)C(C)(C)N(C(=O)c3ccc(-c4ccccc4)cc3)c3ccc(OC)cc32)S1. The van der Waals surface area contributed by atoms with Crippen LogP contribution in [-0.2, 0) is 19.1 Å². The van der Waals surface area contributed by atoms with E-state index < -0.39 is 17.5 Å². The molecule has 0 radical (unpaired) electrons. The topological polar surface area (TPSA) is 82.1 Å². The van der Waals surface area contributed by atoms with Crippen LogP contribution in [0.2, 0.25) is 0 Å². The van der Waals surface area contributed by atoms with Gasteiger partial charge in [0.05, 0.1) is 41.7 Å². The van der Waals surface area contributed by atoms with Crippen molar-refractivity contribution >= 4 is 69.7 Å². The van der Waals surface area contributed by atoms with E-state index >= 15 is 0 Å². The van der Waals surface area contributed by atoms with Crippen molar-refractivity contribution in [1.29, 1.82) is 0 Å². The first-order valence-electron chi connectivity index (χ1n) is 12.9. The standard InChI is InChI=1S/C32H27NO6S3/c1-32(2)27(40)24(31-41-25(29(35)38-4)26(42-31)30(36)39-5)22-17-21(37-3)15-16-23(22)33(32)28(34)20-13-11-19(12-14-20)18-9-7-6-8-10-18/h6-17H,1-5H3. The lowest BCUT2D eigenvalue weighted by molar-refractivity contribution is -0.138. The number of benzene rings is 3. The average molecular weight is 618 g/mol. The van der Waals surface area contributed by atoms with Crippen LogP contribution in [0, 0.1) is 0 Å². The molecule has 2 heterocycles. The third kappa shape index (κ3) is 5.14. The van der Waals surface area contributed by atoms with Crippen LogP contribution in [0.5, 0.6) is 5.75 Å². The molecule has 5 rings (SSSR count). The number of rotatable bonds is 5. The second-order valence-electron chi connectivity index (χ2n) is 9.86. The van der Waals surface area contributed by atoms with E-state index in [1.165, 1.54) is 14.2 Å². The number of thioether (sulfide) groups is 2. The number of nitrogens with zero attached hydrogens (tertiary/aromatic N) is 1. The Morgan fingerprint density at radius 2 is 1.36 bits per heavy atom. The van der Waals surface area contributed by atoms with Gasteiger partial charge in [-0.1, -0.05) is 78.2 Å². The number of esters is 2. The maximum Gasteiger partial charge on any atom is 0.346 e. The number of methoxy groups -OCH3 is 3. The smallest absolute Gasteiger partial charge is 0.346 e. The van der Waals surface area contributed by atoms with Crippen LogP contribution in [-0.4, -0.2) is 49.6 Å². The molecular formula is C32H27NO6S3. The van der Waals surface area contributed by atoms with Crippen molar-refractivity contribution in [3.63, 3.8) is 0 Å². The Morgan fingerprint density at radius 1 is 0.786 bits per heavy atom. The zero-order valence-corrected chi connectivity index (χ0v) is 26.0. The van der Waals surface area contributed by atoms with Crippen molar-refractivity contribution in [2.45, 2.75) is 19.4 Å². The van der Waals surface area contributed by atoms with E-state index in [-0.39, 0.29) is 15.7 Å². The van der Waals surface area contributed by atoms with Gasteiger partial charge in [0.15, 0.2) is 0 Å². The Hall–Kier alpha value is -3.86. The van der Waals surface area contributed by atoms with E-state index in [1.54, 1.807) is 18.1 Å². The molecule has 0 fully saturated rings. The Bertz CT molecular complexity index is 1650. The summed E-state index contributed by atoms with van der Waals surface area (Å²) >= 11 is 8.29. The summed E-state index contributed by atoms with van der Waals surface area (Å²) in [5, 5.41) is 0. The number of anilines is 1. The zero-order chi connectivity index (χ0) is 30.2. The molecule has 214 valence electrons. The molecule has 0 N–H and O–H groups in total. The summed E-state index contributed by atoms with van der Waals surface area (Å²) in [6, 6.07) is 22.9. The summed E-state index contributed by atoms with van der Waals surface area (Å²) in [5.41, 5.74) is 3.54. The lowest BCUT2D eigenvalue weighted by Gasteiger charge is -2.45. The number of ether oxygens (including phenoxy) is 3. The van der Waals surface area contributed by atoms with Gasteiger partial charge in [0.25, 0.3) is 5.91 Å². The third-order valence-corrected chi connectivity index (χ3v) is 10.3. The van der Waals surface area contributed by atoms with E-state index in [0.717, 1.165) is 34.7 Å². The van der Waals surface area contributed by atoms with Gasteiger partial charge in [-0.25, -0.2) is 9.59 Å².